The summed E-state index contributed by atoms with van der Waals surface area (Å²) in [4.78, 5) is 12.0. The lowest BCUT2D eigenvalue weighted by atomic mass is 9.80. The molecule has 0 unspecified atom stereocenters. The molecule has 2 aromatic rings. The highest BCUT2D eigenvalue weighted by atomic mass is 16.5. The van der Waals surface area contributed by atoms with Crippen LogP contribution in [0.4, 0.5) is 5.69 Å². The van der Waals surface area contributed by atoms with Crippen LogP contribution in [-0.4, -0.2) is 51.7 Å². The van der Waals surface area contributed by atoms with Crippen molar-refractivity contribution in [1.29, 1.82) is 0 Å². The molecule has 0 aromatic heterocycles. The fraction of sp³-hybridized carbons (Fsp3) is 0.333. The monoisotopic (exact) mass is 410 g/mol. The van der Waals surface area contributed by atoms with Gasteiger partial charge >= 0.3 is 5.97 Å². The predicted octanol–water partition coefficient (Wildman–Crippen LogP) is 4.22. The van der Waals surface area contributed by atoms with E-state index in [4.69, 9.17) is 18.9 Å². The highest BCUT2D eigenvalue weighted by Gasteiger charge is 2.43. The zero-order valence-corrected chi connectivity index (χ0v) is 18.5. The normalized spacial score (nSPS) is 14.6. The van der Waals surface area contributed by atoms with Crippen molar-refractivity contribution >= 4 is 23.4 Å². The second-order valence-corrected chi connectivity index (χ2v) is 7.55. The first kappa shape index (κ1) is 21.4. The summed E-state index contributed by atoms with van der Waals surface area (Å²) in [6, 6.07) is 9.45. The van der Waals surface area contributed by atoms with E-state index in [1.54, 1.807) is 27.4 Å². The Morgan fingerprint density at radius 3 is 2.23 bits per heavy atom. The Labute approximate surface area is 177 Å². The fourth-order valence-corrected chi connectivity index (χ4v) is 4.01. The van der Waals surface area contributed by atoms with Crippen molar-refractivity contribution in [3.05, 3.63) is 53.1 Å². The molecule has 0 atom stereocenters. The summed E-state index contributed by atoms with van der Waals surface area (Å²) in [5.41, 5.74) is 4.35. The molecule has 0 saturated carbocycles. The number of allylic oxidation sites excluding steroid dienone is 1. The van der Waals surface area contributed by atoms with Gasteiger partial charge in [-0.2, -0.15) is 4.58 Å². The predicted molar refractivity (Wildman–Crippen MR) is 117 cm³/mol. The van der Waals surface area contributed by atoms with E-state index in [2.05, 4.69) is 24.5 Å². The number of carbonyl (C=O) groups excluding carboxylic acids is 1. The van der Waals surface area contributed by atoms with E-state index < -0.39 is 0 Å². The van der Waals surface area contributed by atoms with Crippen LogP contribution in [0, 0.1) is 0 Å². The number of hydrogen-bond donors (Lipinski definition) is 0. The highest BCUT2D eigenvalue weighted by Crippen LogP contribution is 2.42. The molecule has 0 aliphatic carbocycles. The Kier molecular flexibility index (Phi) is 5.87. The number of esters is 1. The van der Waals surface area contributed by atoms with Crippen LogP contribution in [0.15, 0.2) is 36.4 Å². The SMILES string of the molecule is COC(=O)c1ccc2c(c1)C(C)(C)C(C=Cc1ccc(OC)c(OC)c1OC)=[N+]2C. The Balaban J connectivity index is 2.04. The van der Waals surface area contributed by atoms with Gasteiger partial charge in [-0.25, -0.2) is 4.79 Å². The maximum absolute atomic E-state index is 12.0. The number of nitrogens with zero attached hydrogens (tertiary/aromatic N) is 1. The average Bonchev–Trinajstić information content (AvgIpc) is 2.95. The first-order valence-electron chi connectivity index (χ1n) is 9.61. The minimum absolute atomic E-state index is 0.297. The summed E-state index contributed by atoms with van der Waals surface area (Å²) >= 11 is 0. The molecule has 1 heterocycles. The summed E-state index contributed by atoms with van der Waals surface area (Å²) in [5, 5.41) is 0. The standard InChI is InChI=1S/C24H28NO5/c1-24(2)17-14-16(23(26)30-7)8-11-18(17)25(3)20(24)13-10-15-9-12-19(27-4)22(29-6)21(15)28-5/h8-14H,1-7H3/q+1. The second kappa shape index (κ2) is 8.22. The van der Waals surface area contributed by atoms with Crippen LogP contribution < -0.4 is 14.2 Å². The number of benzene rings is 2. The van der Waals surface area contributed by atoms with Gasteiger partial charge in [0, 0.05) is 23.3 Å². The molecule has 0 saturated heterocycles. The lowest BCUT2D eigenvalue weighted by molar-refractivity contribution is -0.401. The molecule has 2 aromatic carbocycles. The van der Waals surface area contributed by atoms with Crippen LogP contribution in [0.25, 0.3) is 6.08 Å². The molecule has 3 rings (SSSR count). The molecule has 0 N–H and O–H groups in total. The number of carbonyl (C=O) groups is 1. The molecule has 0 radical (unpaired) electrons. The average molecular weight is 410 g/mol. The van der Waals surface area contributed by atoms with Crippen molar-refractivity contribution in [3.8, 4) is 17.2 Å². The molecule has 6 nitrogen and oxygen atoms in total. The van der Waals surface area contributed by atoms with Gasteiger partial charge in [0.15, 0.2) is 17.2 Å². The molecule has 0 fully saturated rings. The van der Waals surface area contributed by atoms with Crippen molar-refractivity contribution in [3.63, 3.8) is 0 Å². The topological polar surface area (TPSA) is 57.0 Å². The number of fused-ring (bicyclic) bond motifs is 1. The van der Waals surface area contributed by atoms with Gasteiger partial charge in [-0.3, -0.25) is 0 Å². The third kappa shape index (κ3) is 3.43. The van der Waals surface area contributed by atoms with Crippen molar-refractivity contribution in [2.75, 3.05) is 35.5 Å². The van der Waals surface area contributed by atoms with Crippen LogP contribution in [0.5, 0.6) is 17.2 Å². The molecule has 0 spiro atoms. The Morgan fingerprint density at radius 2 is 1.63 bits per heavy atom. The largest absolute Gasteiger partial charge is 0.493 e. The van der Waals surface area contributed by atoms with Crippen molar-refractivity contribution in [2.45, 2.75) is 19.3 Å². The van der Waals surface area contributed by atoms with Crippen molar-refractivity contribution < 1.29 is 28.3 Å². The molecule has 1 aliphatic rings. The molecule has 0 bridgehead atoms. The molecular weight excluding hydrogens is 382 g/mol. The Hall–Kier alpha value is -3.28. The van der Waals surface area contributed by atoms with Crippen molar-refractivity contribution in [1.82, 2.24) is 0 Å². The smallest absolute Gasteiger partial charge is 0.337 e. The number of hydrogen-bond acceptors (Lipinski definition) is 5. The van der Waals surface area contributed by atoms with E-state index in [-0.39, 0.29) is 11.4 Å². The van der Waals surface area contributed by atoms with E-state index in [0.717, 1.165) is 22.5 Å². The number of methoxy groups -OCH3 is 4. The van der Waals surface area contributed by atoms with Gasteiger partial charge in [0.2, 0.25) is 11.4 Å². The minimum atomic E-state index is -0.338. The highest BCUT2D eigenvalue weighted by molar-refractivity contribution is 6.06. The number of ether oxygens (including phenoxy) is 4. The Morgan fingerprint density at radius 1 is 0.933 bits per heavy atom. The second-order valence-electron chi connectivity index (χ2n) is 7.55. The minimum Gasteiger partial charge on any atom is -0.493 e. The lowest BCUT2D eigenvalue weighted by Crippen LogP contribution is -2.26. The quantitative estimate of drug-likeness (QED) is 0.527. The van der Waals surface area contributed by atoms with Crippen LogP contribution in [0.3, 0.4) is 0 Å². The van der Waals surface area contributed by atoms with Crippen LogP contribution in [0.2, 0.25) is 0 Å². The van der Waals surface area contributed by atoms with Crippen LogP contribution in [-0.2, 0) is 10.2 Å². The van der Waals surface area contributed by atoms with Crippen molar-refractivity contribution in [2.24, 2.45) is 0 Å². The molecule has 158 valence electrons. The van der Waals surface area contributed by atoms with E-state index >= 15 is 0 Å². The maximum atomic E-state index is 12.0. The molecule has 6 heteroatoms. The molecular formula is C24H28NO5+. The van der Waals surface area contributed by atoms with Crippen LogP contribution in [0.1, 0.15) is 35.3 Å². The first-order chi connectivity index (χ1) is 14.3. The van der Waals surface area contributed by atoms with Gasteiger partial charge < -0.3 is 18.9 Å². The third-order valence-electron chi connectivity index (χ3n) is 5.61. The van der Waals surface area contributed by atoms with E-state index in [1.165, 1.54) is 7.11 Å². The van der Waals surface area contributed by atoms with Gasteiger partial charge in [-0.15, -0.1) is 0 Å². The fourth-order valence-electron chi connectivity index (χ4n) is 4.01. The van der Waals surface area contributed by atoms with E-state index in [1.807, 2.05) is 37.4 Å². The lowest BCUT2D eigenvalue weighted by Gasteiger charge is -2.16. The van der Waals surface area contributed by atoms with Gasteiger partial charge in [0.1, 0.15) is 7.05 Å². The molecule has 0 amide bonds. The first-order valence-corrected chi connectivity index (χ1v) is 9.61. The van der Waals surface area contributed by atoms with Gasteiger partial charge in [-0.05, 0) is 44.2 Å². The number of rotatable bonds is 6. The van der Waals surface area contributed by atoms with Gasteiger partial charge in [-0.1, -0.05) is 0 Å². The zero-order valence-electron chi connectivity index (χ0n) is 18.5. The molecule has 30 heavy (non-hydrogen) atoms. The summed E-state index contributed by atoms with van der Waals surface area (Å²) in [7, 11) is 8.21. The third-order valence-corrected chi connectivity index (χ3v) is 5.61. The zero-order chi connectivity index (χ0) is 22.1. The van der Waals surface area contributed by atoms with Gasteiger partial charge in [0.25, 0.3) is 0 Å². The van der Waals surface area contributed by atoms with E-state index in [9.17, 15) is 4.79 Å². The van der Waals surface area contributed by atoms with Crippen LogP contribution >= 0.6 is 0 Å². The maximum Gasteiger partial charge on any atom is 0.337 e. The summed E-state index contributed by atoms with van der Waals surface area (Å²) < 4.78 is 23.5. The summed E-state index contributed by atoms with van der Waals surface area (Å²) in [6.45, 7) is 4.28. The molecule has 1 aliphatic heterocycles. The Bertz CT molecular complexity index is 1050. The summed E-state index contributed by atoms with van der Waals surface area (Å²) in [6.07, 6.45) is 4.07. The summed E-state index contributed by atoms with van der Waals surface area (Å²) in [5.74, 6) is 1.44. The van der Waals surface area contributed by atoms with Gasteiger partial charge in [0.05, 0.1) is 39.4 Å². The van der Waals surface area contributed by atoms with E-state index in [0.29, 0.717) is 22.8 Å².